The highest BCUT2D eigenvalue weighted by Gasteiger charge is 2.34. The quantitative estimate of drug-likeness (QED) is 0.761. The maximum atomic E-state index is 13.0. The maximum absolute atomic E-state index is 13.0. The van der Waals surface area contributed by atoms with Gasteiger partial charge in [-0.3, -0.25) is 4.79 Å². The molecule has 1 fully saturated rings. The number of hydrogen-bond donors (Lipinski definition) is 0. The fourth-order valence-electron chi connectivity index (χ4n) is 3.21. The summed E-state index contributed by atoms with van der Waals surface area (Å²) in [6, 6.07) is 4.25. The van der Waals surface area contributed by atoms with Gasteiger partial charge in [0.2, 0.25) is 0 Å². The third-order valence-electron chi connectivity index (χ3n) is 4.07. The molecule has 1 aliphatic carbocycles. The highest BCUT2D eigenvalue weighted by molar-refractivity contribution is 5.94. The van der Waals surface area contributed by atoms with Crippen molar-refractivity contribution in [2.75, 3.05) is 0 Å². The molecular formula is C17H27N2O+. The second-order valence-electron chi connectivity index (χ2n) is 6.90. The Morgan fingerprint density at radius 3 is 2.45 bits per heavy atom. The maximum Gasteiger partial charge on any atom is 0.260 e. The zero-order chi connectivity index (χ0) is 14.8. The zero-order valence-corrected chi connectivity index (χ0v) is 13.2. The molecular weight excluding hydrogens is 248 g/mol. The molecule has 0 radical (unpaired) electrons. The number of carbonyl (C=O) groups is 1. The molecule has 3 nitrogen and oxygen atoms in total. The van der Waals surface area contributed by atoms with E-state index in [1.54, 1.807) is 0 Å². The molecule has 0 N–H and O–H groups in total. The van der Waals surface area contributed by atoms with Crippen molar-refractivity contribution in [2.45, 2.75) is 64.5 Å². The average molecular weight is 275 g/mol. The summed E-state index contributed by atoms with van der Waals surface area (Å²) < 4.78 is 1.94. The summed E-state index contributed by atoms with van der Waals surface area (Å²) in [5, 5.41) is 0. The Morgan fingerprint density at radius 2 is 1.90 bits per heavy atom. The van der Waals surface area contributed by atoms with Gasteiger partial charge in [0.05, 0.1) is 0 Å². The second kappa shape index (κ2) is 5.94. The molecule has 1 aromatic heterocycles. The minimum atomic E-state index is -0.131. The van der Waals surface area contributed by atoms with E-state index >= 15 is 0 Å². The minimum absolute atomic E-state index is 0.131. The van der Waals surface area contributed by atoms with Gasteiger partial charge in [-0.05, 0) is 39.7 Å². The van der Waals surface area contributed by atoms with Gasteiger partial charge in [0.15, 0.2) is 12.4 Å². The lowest BCUT2D eigenvalue weighted by molar-refractivity contribution is -0.671. The van der Waals surface area contributed by atoms with Crippen LogP contribution in [-0.4, -0.2) is 22.4 Å². The molecule has 2 rings (SSSR count). The molecule has 0 bridgehead atoms. The number of hydrogen-bond acceptors (Lipinski definition) is 1. The molecule has 20 heavy (non-hydrogen) atoms. The minimum Gasteiger partial charge on any atom is -0.331 e. The first-order valence-electron chi connectivity index (χ1n) is 7.68. The van der Waals surface area contributed by atoms with Crippen molar-refractivity contribution < 1.29 is 9.36 Å². The zero-order valence-electron chi connectivity index (χ0n) is 13.2. The Morgan fingerprint density at radius 1 is 1.25 bits per heavy atom. The van der Waals surface area contributed by atoms with Crippen LogP contribution in [0.2, 0.25) is 0 Å². The van der Waals surface area contributed by atoms with Crippen LogP contribution in [0, 0.1) is 0 Å². The van der Waals surface area contributed by atoms with Crippen LogP contribution in [0.15, 0.2) is 24.5 Å². The van der Waals surface area contributed by atoms with Crippen LogP contribution in [0.5, 0.6) is 0 Å². The SMILES string of the molecule is C[n+]1cccc(C(=O)N(C2CCCCC2)C(C)(C)C)c1. The smallest absolute Gasteiger partial charge is 0.260 e. The Balaban J connectivity index is 2.29. The van der Waals surface area contributed by atoms with E-state index in [1.807, 2.05) is 36.1 Å². The normalized spacial score (nSPS) is 17.0. The van der Waals surface area contributed by atoms with Gasteiger partial charge in [0.1, 0.15) is 12.6 Å². The molecule has 1 heterocycles. The number of carbonyl (C=O) groups excluding carboxylic acids is 1. The fourth-order valence-corrected chi connectivity index (χ4v) is 3.21. The van der Waals surface area contributed by atoms with Crippen LogP contribution in [-0.2, 0) is 7.05 Å². The Kier molecular flexibility index (Phi) is 4.46. The van der Waals surface area contributed by atoms with Crippen LogP contribution < -0.4 is 4.57 Å². The third-order valence-corrected chi connectivity index (χ3v) is 4.07. The van der Waals surface area contributed by atoms with Crippen LogP contribution in [0.3, 0.4) is 0 Å². The van der Waals surface area contributed by atoms with Crippen molar-refractivity contribution in [1.29, 1.82) is 0 Å². The Hall–Kier alpha value is -1.38. The molecule has 1 amide bonds. The number of nitrogens with zero attached hydrogens (tertiary/aromatic N) is 2. The summed E-state index contributed by atoms with van der Waals surface area (Å²) in [7, 11) is 1.96. The molecule has 0 saturated heterocycles. The molecule has 0 atom stereocenters. The fraction of sp³-hybridized carbons (Fsp3) is 0.647. The van der Waals surface area contributed by atoms with Crippen molar-refractivity contribution in [3.05, 3.63) is 30.1 Å². The topological polar surface area (TPSA) is 24.2 Å². The van der Waals surface area contributed by atoms with Crippen LogP contribution >= 0.6 is 0 Å². The number of aromatic nitrogens is 1. The molecule has 110 valence electrons. The molecule has 0 spiro atoms. The van der Waals surface area contributed by atoms with Gasteiger partial charge in [-0.1, -0.05) is 19.3 Å². The average Bonchev–Trinajstić information content (AvgIpc) is 2.38. The molecule has 1 aromatic rings. The van der Waals surface area contributed by atoms with Gasteiger partial charge < -0.3 is 4.90 Å². The van der Waals surface area contributed by atoms with E-state index in [4.69, 9.17) is 0 Å². The van der Waals surface area contributed by atoms with Gasteiger partial charge >= 0.3 is 0 Å². The molecule has 0 unspecified atom stereocenters. The molecule has 1 aliphatic rings. The van der Waals surface area contributed by atoms with Crippen molar-refractivity contribution in [2.24, 2.45) is 7.05 Å². The lowest BCUT2D eigenvalue weighted by atomic mass is 9.90. The summed E-state index contributed by atoms with van der Waals surface area (Å²) in [5.74, 6) is 0.167. The van der Waals surface area contributed by atoms with Crippen molar-refractivity contribution in [3.63, 3.8) is 0 Å². The first-order valence-corrected chi connectivity index (χ1v) is 7.68. The summed E-state index contributed by atoms with van der Waals surface area (Å²) in [5.41, 5.74) is 0.656. The van der Waals surface area contributed by atoms with Crippen molar-refractivity contribution >= 4 is 5.91 Å². The molecule has 1 saturated carbocycles. The van der Waals surface area contributed by atoms with Gasteiger partial charge in [0.25, 0.3) is 5.91 Å². The van der Waals surface area contributed by atoms with Crippen LogP contribution in [0.4, 0.5) is 0 Å². The predicted octanol–water partition coefficient (Wildman–Crippen LogP) is 3.08. The molecule has 0 aromatic carbocycles. The van der Waals surface area contributed by atoms with Gasteiger partial charge in [-0.2, -0.15) is 0 Å². The number of rotatable bonds is 2. The number of aryl methyl sites for hydroxylation is 1. The van der Waals surface area contributed by atoms with Crippen LogP contribution in [0.1, 0.15) is 63.2 Å². The van der Waals surface area contributed by atoms with Crippen molar-refractivity contribution in [3.8, 4) is 0 Å². The summed E-state index contributed by atoms with van der Waals surface area (Å²) in [6.45, 7) is 6.42. The monoisotopic (exact) mass is 275 g/mol. The highest BCUT2D eigenvalue weighted by Crippen LogP contribution is 2.29. The largest absolute Gasteiger partial charge is 0.331 e. The first kappa shape index (κ1) is 15.0. The molecule has 0 aliphatic heterocycles. The second-order valence-corrected chi connectivity index (χ2v) is 6.90. The van der Waals surface area contributed by atoms with Gasteiger partial charge in [-0.15, -0.1) is 0 Å². The third kappa shape index (κ3) is 3.38. The van der Waals surface area contributed by atoms with E-state index in [2.05, 4.69) is 25.7 Å². The van der Waals surface area contributed by atoms with E-state index in [-0.39, 0.29) is 11.4 Å². The van der Waals surface area contributed by atoms with E-state index in [0.29, 0.717) is 6.04 Å². The number of pyridine rings is 1. The predicted molar refractivity (Wildman–Crippen MR) is 80.4 cm³/mol. The van der Waals surface area contributed by atoms with E-state index in [9.17, 15) is 4.79 Å². The lowest BCUT2D eigenvalue weighted by Gasteiger charge is -2.43. The van der Waals surface area contributed by atoms with E-state index in [0.717, 1.165) is 18.4 Å². The summed E-state index contributed by atoms with van der Waals surface area (Å²) >= 11 is 0. The highest BCUT2D eigenvalue weighted by atomic mass is 16.2. The Labute approximate surface area is 122 Å². The lowest BCUT2D eigenvalue weighted by Crippen LogP contribution is -2.52. The van der Waals surface area contributed by atoms with Crippen LogP contribution in [0.25, 0.3) is 0 Å². The van der Waals surface area contributed by atoms with Gasteiger partial charge in [-0.25, -0.2) is 4.57 Å². The van der Waals surface area contributed by atoms with Gasteiger partial charge in [0, 0.05) is 17.6 Å². The molecule has 3 heteroatoms. The van der Waals surface area contributed by atoms with E-state index < -0.39 is 0 Å². The van der Waals surface area contributed by atoms with E-state index in [1.165, 1.54) is 19.3 Å². The summed E-state index contributed by atoms with van der Waals surface area (Å²) in [4.78, 5) is 15.1. The summed E-state index contributed by atoms with van der Waals surface area (Å²) in [6.07, 6.45) is 9.95. The van der Waals surface area contributed by atoms with Crippen molar-refractivity contribution in [1.82, 2.24) is 4.90 Å². The Bertz CT molecular complexity index is 470. The standard InChI is InChI=1S/C17H27N2O/c1-17(2,3)19(15-10-6-5-7-11-15)16(20)14-9-8-12-18(4)13-14/h8-9,12-13,15H,5-7,10-11H2,1-4H3/q+1. The first-order chi connectivity index (χ1) is 9.39. The number of amides is 1.